The molecule has 4 nitrogen and oxygen atoms in total. The third-order valence-electron chi connectivity index (χ3n) is 2.63. The van der Waals surface area contributed by atoms with Crippen LogP contribution in [0.15, 0.2) is 36.5 Å². The standard InChI is InChI=1S/C13H11FN4/c1-8-16-12-11(6-7-15-12)13(17-8)18-10-4-2-9(14)3-5-10/h2-7H,1H3,(H2,15,16,17,18). The number of anilines is 2. The predicted molar refractivity (Wildman–Crippen MR) is 68.3 cm³/mol. The number of fused-ring (bicyclic) bond motifs is 1. The first kappa shape index (κ1) is 10.7. The second-order valence-corrected chi connectivity index (χ2v) is 3.99. The van der Waals surface area contributed by atoms with Crippen LogP contribution in [0.4, 0.5) is 15.9 Å². The van der Waals surface area contributed by atoms with Gasteiger partial charge in [-0.05, 0) is 37.3 Å². The summed E-state index contributed by atoms with van der Waals surface area (Å²) in [6.07, 6.45) is 1.81. The number of nitrogens with one attached hydrogen (secondary N) is 2. The summed E-state index contributed by atoms with van der Waals surface area (Å²) in [7, 11) is 0. The predicted octanol–water partition coefficient (Wildman–Crippen LogP) is 3.15. The van der Waals surface area contributed by atoms with E-state index in [2.05, 4.69) is 20.3 Å². The second-order valence-electron chi connectivity index (χ2n) is 3.99. The van der Waals surface area contributed by atoms with Crippen molar-refractivity contribution in [3.8, 4) is 0 Å². The lowest BCUT2D eigenvalue weighted by molar-refractivity contribution is 0.628. The Morgan fingerprint density at radius 2 is 1.89 bits per heavy atom. The summed E-state index contributed by atoms with van der Waals surface area (Å²) in [5, 5.41) is 4.07. The fraction of sp³-hybridized carbons (Fsp3) is 0.0769. The van der Waals surface area contributed by atoms with Crippen molar-refractivity contribution in [1.29, 1.82) is 0 Å². The number of halogens is 1. The molecule has 3 aromatic rings. The number of aromatic amines is 1. The number of hydrogen-bond donors (Lipinski definition) is 2. The van der Waals surface area contributed by atoms with Crippen LogP contribution < -0.4 is 5.32 Å². The topological polar surface area (TPSA) is 53.6 Å². The third kappa shape index (κ3) is 1.90. The van der Waals surface area contributed by atoms with E-state index in [0.717, 1.165) is 16.7 Å². The summed E-state index contributed by atoms with van der Waals surface area (Å²) in [6.45, 7) is 1.83. The van der Waals surface area contributed by atoms with Crippen molar-refractivity contribution in [3.05, 3.63) is 48.2 Å². The summed E-state index contributed by atoms with van der Waals surface area (Å²) in [5.41, 5.74) is 1.57. The van der Waals surface area contributed by atoms with E-state index in [-0.39, 0.29) is 5.82 Å². The first-order valence-corrected chi connectivity index (χ1v) is 5.57. The molecule has 1 aromatic carbocycles. The molecule has 0 saturated heterocycles. The zero-order valence-corrected chi connectivity index (χ0v) is 9.74. The minimum atomic E-state index is -0.258. The van der Waals surface area contributed by atoms with E-state index in [1.807, 2.05) is 19.2 Å². The molecule has 0 bridgehead atoms. The Bertz CT molecular complexity index is 688. The Hall–Kier alpha value is -2.43. The first-order valence-electron chi connectivity index (χ1n) is 5.57. The van der Waals surface area contributed by atoms with Crippen molar-refractivity contribution in [3.63, 3.8) is 0 Å². The van der Waals surface area contributed by atoms with E-state index >= 15 is 0 Å². The lowest BCUT2D eigenvalue weighted by atomic mass is 10.3. The number of aryl methyl sites for hydroxylation is 1. The highest BCUT2D eigenvalue weighted by atomic mass is 19.1. The van der Waals surface area contributed by atoms with E-state index in [0.29, 0.717) is 11.6 Å². The van der Waals surface area contributed by atoms with Gasteiger partial charge < -0.3 is 10.3 Å². The number of benzene rings is 1. The Morgan fingerprint density at radius 3 is 2.67 bits per heavy atom. The Morgan fingerprint density at radius 1 is 1.11 bits per heavy atom. The van der Waals surface area contributed by atoms with Gasteiger partial charge in [-0.3, -0.25) is 0 Å². The Kier molecular flexibility index (Phi) is 2.44. The van der Waals surface area contributed by atoms with Crippen molar-refractivity contribution in [2.75, 3.05) is 5.32 Å². The molecule has 18 heavy (non-hydrogen) atoms. The van der Waals surface area contributed by atoms with Crippen LogP contribution in [-0.2, 0) is 0 Å². The highest BCUT2D eigenvalue weighted by Crippen LogP contribution is 2.23. The molecule has 2 N–H and O–H groups in total. The number of rotatable bonds is 2. The molecule has 3 rings (SSSR count). The quantitative estimate of drug-likeness (QED) is 0.725. The van der Waals surface area contributed by atoms with E-state index < -0.39 is 0 Å². The second kappa shape index (κ2) is 4.10. The van der Waals surface area contributed by atoms with E-state index in [1.165, 1.54) is 12.1 Å². The van der Waals surface area contributed by atoms with Gasteiger partial charge in [-0.2, -0.15) is 0 Å². The monoisotopic (exact) mass is 242 g/mol. The Balaban J connectivity index is 2.03. The van der Waals surface area contributed by atoms with Crippen LogP contribution in [-0.4, -0.2) is 15.0 Å². The largest absolute Gasteiger partial charge is 0.346 e. The van der Waals surface area contributed by atoms with E-state index in [4.69, 9.17) is 0 Å². The van der Waals surface area contributed by atoms with Gasteiger partial charge in [0.15, 0.2) is 0 Å². The van der Waals surface area contributed by atoms with Gasteiger partial charge in [-0.1, -0.05) is 0 Å². The lowest BCUT2D eigenvalue weighted by Crippen LogP contribution is -1.98. The summed E-state index contributed by atoms with van der Waals surface area (Å²) >= 11 is 0. The van der Waals surface area contributed by atoms with Gasteiger partial charge in [0.2, 0.25) is 0 Å². The molecule has 0 spiro atoms. The zero-order valence-electron chi connectivity index (χ0n) is 9.74. The van der Waals surface area contributed by atoms with Gasteiger partial charge in [0.05, 0.1) is 5.39 Å². The minimum absolute atomic E-state index is 0.258. The van der Waals surface area contributed by atoms with Crippen LogP contribution in [0.1, 0.15) is 5.82 Å². The highest BCUT2D eigenvalue weighted by Gasteiger charge is 2.06. The summed E-state index contributed by atoms with van der Waals surface area (Å²) in [6, 6.07) is 8.06. The van der Waals surface area contributed by atoms with Crippen LogP contribution in [0, 0.1) is 12.7 Å². The molecule has 2 aromatic heterocycles. The average Bonchev–Trinajstić information content (AvgIpc) is 2.80. The van der Waals surface area contributed by atoms with Crippen LogP contribution in [0.25, 0.3) is 11.0 Å². The molecule has 0 aliphatic rings. The molecule has 0 unspecified atom stereocenters. The fourth-order valence-corrected chi connectivity index (χ4v) is 1.82. The molecule has 0 radical (unpaired) electrons. The molecule has 0 fully saturated rings. The number of hydrogen-bond acceptors (Lipinski definition) is 3. The van der Waals surface area contributed by atoms with E-state index in [9.17, 15) is 4.39 Å². The molecule has 0 saturated carbocycles. The van der Waals surface area contributed by atoms with Crippen molar-refractivity contribution in [1.82, 2.24) is 15.0 Å². The molecular formula is C13H11FN4. The smallest absolute Gasteiger partial charge is 0.143 e. The maximum atomic E-state index is 12.8. The van der Waals surface area contributed by atoms with Crippen LogP contribution in [0.5, 0.6) is 0 Å². The molecule has 0 atom stereocenters. The summed E-state index contributed by atoms with van der Waals surface area (Å²) in [4.78, 5) is 11.7. The minimum Gasteiger partial charge on any atom is -0.346 e. The van der Waals surface area contributed by atoms with E-state index in [1.54, 1.807) is 12.1 Å². The SMILES string of the molecule is Cc1nc(Nc2ccc(F)cc2)c2cc[nH]c2n1. The van der Waals surface area contributed by atoms with Crippen LogP contribution in [0.3, 0.4) is 0 Å². The maximum absolute atomic E-state index is 12.8. The first-order chi connectivity index (χ1) is 8.72. The number of nitrogens with zero attached hydrogens (tertiary/aromatic N) is 2. The highest BCUT2D eigenvalue weighted by molar-refractivity contribution is 5.88. The normalized spacial score (nSPS) is 10.8. The zero-order chi connectivity index (χ0) is 12.5. The Labute approximate surface area is 103 Å². The van der Waals surface area contributed by atoms with Gasteiger partial charge in [-0.25, -0.2) is 14.4 Å². The summed E-state index contributed by atoms with van der Waals surface area (Å²) < 4.78 is 12.8. The van der Waals surface area contributed by atoms with Crippen LogP contribution >= 0.6 is 0 Å². The molecule has 90 valence electrons. The van der Waals surface area contributed by atoms with Gasteiger partial charge in [0.1, 0.15) is 23.1 Å². The average molecular weight is 242 g/mol. The third-order valence-corrected chi connectivity index (χ3v) is 2.63. The molecule has 5 heteroatoms. The molecular weight excluding hydrogens is 231 g/mol. The lowest BCUT2D eigenvalue weighted by Gasteiger charge is -2.07. The van der Waals surface area contributed by atoms with Crippen molar-refractivity contribution < 1.29 is 4.39 Å². The maximum Gasteiger partial charge on any atom is 0.143 e. The van der Waals surface area contributed by atoms with Crippen LogP contribution in [0.2, 0.25) is 0 Å². The van der Waals surface area contributed by atoms with Gasteiger partial charge >= 0.3 is 0 Å². The number of H-pyrrole nitrogens is 1. The molecule has 2 heterocycles. The van der Waals surface area contributed by atoms with Gasteiger partial charge in [0.25, 0.3) is 0 Å². The van der Waals surface area contributed by atoms with Gasteiger partial charge in [0, 0.05) is 11.9 Å². The van der Waals surface area contributed by atoms with Crippen molar-refractivity contribution >= 4 is 22.5 Å². The van der Waals surface area contributed by atoms with Crippen molar-refractivity contribution in [2.45, 2.75) is 6.92 Å². The van der Waals surface area contributed by atoms with Crippen molar-refractivity contribution in [2.24, 2.45) is 0 Å². The number of aromatic nitrogens is 3. The molecule has 0 amide bonds. The van der Waals surface area contributed by atoms with Gasteiger partial charge in [-0.15, -0.1) is 0 Å². The fourth-order valence-electron chi connectivity index (χ4n) is 1.82. The molecule has 0 aliphatic carbocycles. The molecule has 0 aliphatic heterocycles. The summed E-state index contributed by atoms with van der Waals surface area (Å²) in [5.74, 6) is 1.13.